The Morgan fingerprint density at radius 1 is 0.947 bits per heavy atom. The molecule has 0 N–H and O–H groups in total. The van der Waals surface area contributed by atoms with E-state index < -0.39 is 0 Å². The van der Waals surface area contributed by atoms with Crippen molar-refractivity contribution in [3.05, 3.63) is 0 Å². The van der Waals surface area contributed by atoms with Gasteiger partial charge in [0.25, 0.3) is 0 Å². The van der Waals surface area contributed by atoms with Gasteiger partial charge in [-0.15, -0.1) is 0 Å². The molecule has 1 nitrogen and oxygen atoms in total. The number of nitrogens with zero attached hydrogens (tertiary/aromatic N) is 1. The molecule has 0 saturated carbocycles. The SMILES string of the molecule is CCCCCCCCCCN1CCCC1CCCBr. The lowest BCUT2D eigenvalue weighted by Gasteiger charge is -2.24. The fraction of sp³-hybridized carbons (Fsp3) is 1.00. The Labute approximate surface area is 129 Å². The summed E-state index contributed by atoms with van der Waals surface area (Å²) in [5, 5.41) is 1.18. The Morgan fingerprint density at radius 3 is 2.32 bits per heavy atom. The Bertz CT molecular complexity index is 196. The van der Waals surface area contributed by atoms with Crippen molar-refractivity contribution >= 4 is 15.9 Å². The number of likely N-dealkylation sites (tertiary alicyclic amines) is 1. The second-order valence-electron chi connectivity index (χ2n) is 6.14. The summed E-state index contributed by atoms with van der Waals surface area (Å²) in [6.45, 7) is 5.02. The molecular formula is C17H34BrN. The van der Waals surface area contributed by atoms with Gasteiger partial charge in [0.2, 0.25) is 0 Å². The number of hydrogen-bond donors (Lipinski definition) is 0. The highest BCUT2D eigenvalue weighted by Gasteiger charge is 2.22. The van der Waals surface area contributed by atoms with E-state index in [1.165, 1.54) is 95.5 Å². The van der Waals surface area contributed by atoms with Crippen molar-refractivity contribution < 1.29 is 0 Å². The summed E-state index contributed by atoms with van der Waals surface area (Å²) in [6.07, 6.45) is 17.2. The molecule has 1 atom stereocenters. The highest BCUT2D eigenvalue weighted by atomic mass is 79.9. The molecule has 1 aliphatic heterocycles. The van der Waals surface area contributed by atoms with Crippen LogP contribution in [0.15, 0.2) is 0 Å². The zero-order valence-electron chi connectivity index (χ0n) is 13.0. The van der Waals surface area contributed by atoms with Crippen LogP contribution in [0.25, 0.3) is 0 Å². The third kappa shape index (κ3) is 8.34. The smallest absolute Gasteiger partial charge is 0.00960 e. The first-order valence-electron chi connectivity index (χ1n) is 8.68. The van der Waals surface area contributed by atoms with Crippen LogP contribution in [0.5, 0.6) is 0 Å². The van der Waals surface area contributed by atoms with Gasteiger partial charge in [-0.05, 0) is 45.2 Å². The van der Waals surface area contributed by atoms with Crippen LogP contribution in [0.4, 0.5) is 0 Å². The normalized spacial score (nSPS) is 20.2. The van der Waals surface area contributed by atoms with E-state index in [9.17, 15) is 0 Å². The van der Waals surface area contributed by atoms with Crippen LogP contribution in [-0.4, -0.2) is 29.4 Å². The molecule has 19 heavy (non-hydrogen) atoms. The minimum absolute atomic E-state index is 0.905. The molecule has 1 fully saturated rings. The third-order valence-corrected chi connectivity index (χ3v) is 5.03. The first-order chi connectivity index (χ1) is 9.38. The van der Waals surface area contributed by atoms with Crippen LogP contribution in [0, 0.1) is 0 Å². The average molecular weight is 332 g/mol. The zero-order chi connectivity index (χ0) is 13.8. The van der Waals surface area contributed by atoms with Crippen LogP contribution < -0.4 is 0 Å². The molecular weight excluding hydrogens is 298 g/mol. The van der Waals surface area contributed by atoms with Crippen LogP contribution in [-0.2, 0) is 0 Å². The second kappa shape index (κ2) is 12.2. The molecule has 0 aromatic heterocycles. The Hall–Kier alpha value is 0.440. The van der Waals surface area contributed by atoms with Gasteiger partial charge >= 0.3 is 0 Å². The molecule has 0 amide bonds. The minimum atomic E-state index is 0.905. The monoisotopic (exact) mass is 331 g/mol. The van der Waals surface area contributed by atoms with E-state index >= 15 is 0 Å². The van der Waals surface area contributed by atoms with Crippen molar-refractivity contribution in [1.29, 1.82) is 0 Å². The van der Waals surface area contributed by atoms with Gasteiger partial charge < -0.3 is 4.90 Å². The predicted molar refractivity (Wildman–Crippen MR) is 90.2 cm³/mol. The molecule has 1 unspecified atom stereocenters. The summed E-state index contributed by atoms with van der Waals surface area (Å²) in [4.78, 5) is 2.76. The summed E-state index contributed by atoms with van der Waals surface area (Å²) in [5.41, 5.74) is 0. The maximum atomic E-state index is 3.56. The quantitative estimate of drug-likeness (QED) is 0.324. The predicted octanol–water partition coefficient (Wildman–Crippen LogP) is 5.77. The highest BCUT2D eigenvalue weighted by Crippen LogP contribution is 2.22. The van der Waals surface area contributed by atoms with Crippen molar-refractivity contribution in [2.45, 2.75) is 90.0 Å². The van der Waals surface area contributed by atoms with E-state index in [4.69, 9.17) is 0 Å². The molecule has 1 rings (SSSR count). The highest BCUT2D eigenvalue weighted by molar-refractivity contribution is 9.09. The summed E-state index contributed by atoms with van der Waals surface area (Å²) in [5.74, 6) is 0. The van der Waals surface area contributed by atoms with E-state index in [1.807, 2.05) is 0 Å². The number of alkyl halides is 1. The molecule has 2 heteroatoms. The van der Waals surface area contributed by atoms with Crippen molar-refractivity contribution in [1.82, 2.24) is 4.90 Å². The van der Waals surface area contributed by atoms with E-state index in [0.717, 1.165) is 6.04 Å². The van der Waals surface area contributed by atoms with Gasteiger partial charge in [0, 0.05) is 11.4 Å². The Kier molecular flexibility index (Phi) is 11.2. The molecule has 1 saturated heterocycles. The van der Waals surface area contributed by atoms with E-state index in [0.29, 0.717) is 0 Å². The van der Waals surface area contributed by atoms with Crippen LogP contribution in [0.2, 0.25) is 0 Å². The molecule has 0 aromatic rings. The second-order valence-corrected chi connectivity index (χ2v) is 6.93. The molecule has 0 bridgehead atoms. The summed E-state index contributed by atoms with van der Waals surface area (Å²) < 4.78 is 0. The van der Waals surface area contributed by atoms with Gasteiger partial charge in [0.1, 0.15) is 0 Å². The van der Waals surface area contributed by atoms with Crippen molar-refractivity contribution in [3.63, 3.8) is 0 Å². The van der Waals surface area contributed by atoms with Crippen LogP contribution >= 0.6 is 15.9 Å². The molecule has 0 radical (unpaired) electrons. The molecule has 114 valence electrons. The van der Waals surface area contributed by atoms with Gasteiger partial charge in [0.15, 0.2) is 0 Å². The van der Waals surface area contributed by atoms with E-state index in [1.54, 1.807) is 0 Å². The average Bonchev–Trinajstić information content (AvgIpc) is 2.87. The number of rotatable bonds is 12. The van der Waals surface area contributed by atoms with Gasteiger partial charge in [-0.2, -0.15) is 0 Å². The molecule has 0 spiro atoms. The van der Waals surface area contributed by atoms with Crippen molar-refractivity contribution in [2.75, 3.05) is 18.4 Å². The van der Waals surface area contributed by atoms with Crippen molar-refractivity contribution in [3.8, 4) is 0 Å². The standard InChI is InChI=1S/C17H34BrN/c1-2-3-4-5-6-7-8-9-15-19-16-11-13-17(19)12-10-14-18/h17H,2-16H2,1H3. The lowest BCUT2D eigenvalue weighted by molar-refractivity contribution is 0.236. The lowest BCUT2D eigenvalue weighted by atomic mass is 10.1. The summed E-state index contributed by atoms with van der Waals surface area (Å²) >= 11 is 3.56. The third-order valence-electron chi connectivity index (χ3n) is 4.47. The minimum Gasteiger partial charge on any atom is -0.300 e. The fourth-order valence-corrected chi connectivity index (χ4v) is 3.60. The molecule has 1 heterocycles. The van der Waals surface area contributed by atoms with Gasteiger partial charge in [-0.3, -0.25) is 0 Å². The summed E-state index contributed by atoms with van der Waals surface area (Å²) in [6, 6.07) is 0.905. The first kappa shape index (κ1) is 17.5. The Morgan fingerprint density at radius 2 is 1.63 bits per heavy atom. The summed E-state index contributed by atoms with van der Waals surface area (Å²) in [7, 11) is 0. The van der Waals surface area contributed by atoms with Crippen molar-refractivity contribution in [2.24, 2.45) is 0 Å². The molecule has 0 aliphatic carbocycles. The van der Waals surface area contributed by atoms with Crippen LogP contribution in [0.1, 0.15) is 84.0 Å². The topological polar surface area (TPSA) is 3.24 Å². The zero-order valence-corrected chi connectivity index (χ0v) is 14.6. The maximum Gasteiger partial charge on any atom is 0.00960 e. The number of hydrogen-bond acceptors (Lipinski definition) is 1. The van der Waals surface area contributed by atoms with Gasteiger partial charge in [0.05, 0.1) is 0 Å². The Balaban J connectivity index is 1.93. The first-order valence-corrected chi connectivity index (χ1v) is 9.80. The van der Waals surface area contributed by atoms with E-state index in [2.05, 4.69) is 27.8 Å². The number of halogens is 1. The fourth-order valence-electron chi connectivity index (χ4n) is 3.28. The van der Waals surface area contributed by atoms with E-state index in [-0.39, 0.29) is 0 Å². The molecule has 0 aromatic carbocycles. The number of unbranched alkanes of at least 4 members (excludes halogenated alkanes) is 7. The molecule has 1 aliphatic rings. The van der Waals surface area contributed by atoms with Crippen LogP contribution in [0.3, 0.4) is 0 Å². The van der Waals surface area contributed by atoms with Gasteiger partial charge in [-0.25, -0.2) is 0 Å². The largest absolute Gasteiger partial charge is 0.300 e. The maximum absolute atomic E-state index is 3.56. The lowest BCUT2D eigenvalue weighted by Crippen LogP contribution is -2.30. The van der Waals surface area contributed by atoms with Gasteiger partial charge in [-0.1, -0.05) is 67.8 Å².